The number of nitrogens with one attached hydrogen (secondary N) is 1. The van der Waals surface area contributed by atoms with E-state index in [0.717, 1.165) is 30.9 Å². The zero-order chi connectivity index (χ0) is 18.5. The Bertz CT molecular complexity index is 1250. The predicted octanol–water partition coefficient (Wildman–Crippen LogP) is 4.01. The lowest BCUT2D eigenvalue weighted by Gasteiger charge is -2.26. The van der Waals surface area contributed by atoms with Crippen molar-refractivity contribution in [1.29, 1.82) is 5.26 Å². The highest BCUT2D eigenvalue weighted by Crippen LogP contribution is 2.36. The van der Waals surface area contributed by atoms with Crippen LogP contribution in [-0.4, -0.2) is 27.4 Å². The summed E-state index contributed by atoms with van der Waals surface area (Å²) in [4.78, 5) is 24.3. The van der Waals surface area contributed by atoms with Crippen LogP contribution in [0.5, 0.6) is 0 Å². The average Bonchev–Trinajstić information content (AvgIpc) is 3.35. The van der Waals surface area contributed by atoms with Crippen LogP contribution in [0.15, 0.2) is 17.6 Å². The van der Waals surface area contributed by atoms with Gasteiger partial charge in [-0.2, -0.15) is 5.26 Å². The molecule has 4 aromatic rings. The number of carbonyl (C=O) groups is 1. The van der Waals surface area contributed by atoms with E-state index in [2.05, 4.69) is 21.4 Å². The largest absolute Gasteiger partial charge is 0.389 e. The van der Waals surface area contributed by atoms with Crippen LogP contribution in [0.4, 0.5) is 14.9 Å². The first-order valence-corrected chi connectivity index (χ1v) is 10.6. The first kappa shape index (κ1) is 16.4. The summed E-state index contributed by atoms with van der Waals surface area (Å²) in [5, 5.41) is 13.2. The summed E-state index contributed by atoms with van der Waals surface area (Å²) in [5.41, 5.74) is 11.0. The van der Waals surface area contributed by atoms with Crippen molar-refractivity contribution in [2.24, 2.45) is 0 Å². The van der Waals surface area contributed by atoms with Crippen LogP contribution in [0.3, 0.4) is 0 Å². The van der Waals surface area contributed by atoms with E-state index in [1.165, 1.54) is 22.7 Å². The zero-order valence-corrected chi connectivity index (χ0v) is 16.3. The number of thiazole rings is 2. The second-order valence-electron chi connectivity index (χ2n) is 6.09. The van der Waals surface area contributed by atoms with E-state index in [-0.39, 0.29) is 6.03 Å². The monoisotopic (exact) mass is 412 g/mol. The van der Waals surface area contributed by atoms with Crippen molar-refractivity contribution < 1.29 is 4.79 Å². The summed E-state index contributed by atoms with van der Waals surface area (Å²) in [6, 6.07) is 5.92. The van der Waals surface area contributed by atoms with Crippen LogP contribution in [0.25, 0.3) is 20.4 Å². The number of thiophene rings is 1. The molecule has 0 unspecified atom stereocenters. The molecule has 27 heavy (non-hydrogen) atoms. The molecule has 5 rings (SSSR count). The van der Waals surface area contributed by atoms with Crippen molar-refractivity contribution in [3.8, 4) is 6.07 Å². The molecular weight excluding hydrogens is 400 g/mol. The Labute approximate surface area is 165 Å². The summed E-state index contributed by atoms with van der Waals surface area (Å²) in [6.45, 7) is 1.00. The van der Waals surface area contributed by atoms with E-state index in [9.17, 15) is 10.1 Å². The summed E-state index contributed by atoms with van der Waals surface area (Å²) in [6.07, 6.45) is 0.638. The van der Waals surface area contributed by atoms with E-state index in [1.54, 1.807) is 16.2 Å². The first-order chi connectivity index (χ1) is 13.1. The van der Waals surface area contributed by atoms with Gasteiger partial charge in [0.05, 0.1) is 32.5 Å². The van der Waals surface area contributed by atoms with Crippen LogP contribution in [0.1, 0.15) is 16.0 Å². The van der Waals surface area contributed by atoms with Gasteiger partial charge in [0, 0.05) is 11.4 Å². The minimum Gasteiger partial charge on any atom is -0.389 e. The number of urea groups is 1. The van der Waals surface area contributed by atoms with Crippen LogP contribution in [0, 0.1) is 11.3 Å². The third-order valence-corrected chi connectivity index (χ3v) is 7.39. The number of benzene rings is 1. The lowest BCUT2D eigenvalue weighted by Crippen LogP contribution is -2.38. The predicted molar refractivity (Wildman–Crippen MR) is 109 cm³/mol. The van der Waals surface area contributed by atoms with Gasteiger partial charge in [-0.25, -0.2) is 14.8 Å². The normalized spacial score (nSPS) is 13.7. The van der Waals surface area contributed by atoms with Gasteiger partial charge in [-0.3, -0.25) is 5.32 Å². The molecule has 1 aliphatic heterocycles. The van der Waals surface area contributed by atoms with Crippen molar-refractivity contribution >= 4 is 70.6 Å². The number of nitriles is 1. The summed E-state index contributed by atoms with van der Waals surface area (Å²) >= 11 is 4.41. The molecule has 0 fully saturated rings. The maximum Gasteiger partial charge on any atom is 0.323 e. The molecule has 7 nitrogen and oxygen atoms in total. The third kappa shape index (κ3) is 2.63. The number of carbonyl (C=O) groups excluding carboxylic acids is 1. The van der Waals surface area contributed by atoms with Gasteiger partial charge in [-0.1, -0.05) is 11.3 Å². The van der Waals surface area contributed by atoms with E-state index >= 15 is 0 Å². The van der Waals surface area contributed by atoms with E-state index in [4.69, 9.17) is 5.73 Å². The topological polar surface area (TPSA) is 108 Å². The molecule has 0 aliphatic carbocycles. The lowest BCUT2D eigenvalue weighted by atomic mass is 10.0. The molecule has 0 saturated carbocycles. The fraction of sp³-hybridized carbons (Fsp3) is 0.176. The third-order valence-electron chi connectivity index (χ3n) is 4.55. The number of nitrogen functional groups attached to an aromatic ring is 1. The van der Waals surface area contributed by atoms with Crippen molar-refractivity contribution in [1.82, 2.24) is 14.9 Å². The highest BCUT2D eigenvalue weighted by Gasteiger charge is 2.26. The number of hydrogen-bond donors (Lipinski definition) is 2. The SMILES string of the molecule is N#Cc1c(N)sc2c1CCN(C(=O)Nc1nc3ccc4scnc4c3s1)C2. The molecule has 0 saturated heterocycles. The van der Waals surface area contributed by atoms with Crippen molar-refractivity contribution in [3.05, 3.63) is 33.6 Å². The van der Waals surface area contributed by atoms with E-state index in [0.29, 0.717) is 35.2 Å². The average molecular weight is 413 g/mol. The second-order valence-corrected chi connectivity index (χ2v) is 9.11. The number of anilines is 2. The summed E-state index contributed by atoms with van der Waals surface area (Å²) < 4.78 is 2.09. The zero-order valence-electron chi connectivity index (χ0n) is 13.9. The van der Waals surface area contributed by atoms with Gasteiger partial charge in [-0.15, -0.1) is 22.7 Å². The lowest BCUT2D eigenvalue weighted by molar-refractivity contribution is 0.207. The maximum absolute atomic E-state index is 12.7. The van der Waals surface area contributed by atoms with Gasteiger partial charge in [0.15, 0.2) is 5.13 Å². The molecule has 0 bridgehead atoms. The first-order valence-electron chi connectivity index (χ1n) is 8.13. The standard InChI is InChI=1S/C17H12N6OS3/c18-5-9-8-3-4-23(6-12(8)26-15(9)19)17(24)22-16-21-10-1-2-11-13(14(10)27-16)20-7-25-11/h1-2,7H,3-4,6,19H2,(H,21,22,24). The fourth-order valence-electron chi connectivity index (χ4n) is 3.26. The number of aromatic nitrogens is 2. The Kier molecular flexibility index (Phi) is 3.75. The van der Waals surface area contributed by atoms with Crippen LogP contribution in [-0.2, 0) is 13.0 Å². The van der Waals surface area contributed by atoms with Gasteiger partial charge in [0.2, 0.25) is 0 Å². The highest BCUT2D eigenvalue weighted by molar-refractivity contribution is 7.24. The second kappa shape index (κ2) is 6.16. The Morgan fingerprint density at radius 3 is 3.11 bits per heavy atom. The highest BCUT2D eigenvalue weighted by atomic mass is 32.1. The molecule has 4 heterocycles. The minimum atomic E-state index is -0.195. The quantitative estimate of drug-likeness (QED) is 0.491. The van der Waals surface area contributed by atoms with Crippen molar-refractivity contribution in [2.75, 3.05) is 17.6 Å². The smallest absolute Gasteiger partial charge is 0.323 e. The maximum atomic E-state index is 12.7. The molecule has 3 aromatic heterocycles. The summed E-state index contributed by atoms with van der Waals surface area (Å²) in [7, 11) is 0. The molecule has 3 N–H and O–H groups in total. The van der Waals surface area contributed by atoms with Crippen molar-refractivity contribution in [3.63, 3.8) is 0 Å². The number of nitrogens with two attached hydrogens (primary N) is 1. The number of nitrogens with zero attached hydrogens (tertiary/aromatic N) is 4. The van der Waals surface area contributed by atoms with Crippen LogP contribution < -0.4 is 11.1 Å². The molecular formula is C17H12N6OS3. The molecule has 0 radical (unpaired) electrons. The van der Waals surface area contributed by atoms with Crippen molar-refractivity contribution in [2.45, 2.75) is 13.0 Å². The van der Waals surface area contributed by atoms with E-state index in [1.807, 2.05) is 17.6 Å². The van der Waals surface area contributed by atoms with Gasteiger partial charge >= 0.3 is 6.03 Å². The number of fused-ring (bicyclic) bond motifs is 4. The molecule has 1 aliphatic rings. The van der Waals surface area contributed by atoms with Crippen LogP contribution >= 0.6 is 34.0 Å². The number of rotatable bonds is 1. The van der Waals surface area contributed by atoms with Gasteiger partial charge in [0.25, 0.3) is 0 Å². The Morgan fingerprint density at radius 2 is 2.26 bits per heavy atom. The Morgan fingerprint density at radius 1 is 1.37 bits per heavy atom. The molecule has 10 heteroatoms. The molecule has 1 aromatic carbocycles. The van der Waals surface area contributed by atoms with Gasteiger partial charge < -0.3 is 10.6 Å². The fourth-order valence-corrected chi connectivity index (χ4v) is 6.04. The number of amides is 2. The van der Waals surface area contributed by atoms with E-state index < -0.39 is 0 Å². The number of hydrogen-bond acceptors (Lipinski definition) is 8. The molecule has 0 spiro atoms. The summed E-state index contributed by atoms with van der Waals surface area (Å²) in [5.74, 6) is 0. The Hall–Kier alpha value is -2.74. The van der Waals surface area contributed by atoms with Gasteiger partial charge in [0.1, 0.15) is 16.6 Å². The van der Waals surface area contributed by atoms with Gasteiger partial charge in [-0.05, 0) is 24.1 Å². The minimum absolute atomic E-state index is 0.195. The Balaban J connectivity index is 1.39. The molecule has 0 atom stereocenters. The molecule has 134 valence electrons. The molecule has 2 amide bonds. The van der Waals surface area contributed by atoms with Crippen LogP contribution in [0.2, 0.25) is 0 Å².